The number of anilines is 1. The molecule has 0 atom stereocenters. The molecule has 4 aromatic carbocycles. The van der Waals surface area contributed by atoms with Gasteiger partial charge in [-0.3, -0.25) is 9.59 Å². The molecule has 0 aliphatic carbocycles. The number of hydrogen-bond acceptors (Lipinski definition) is 6. The molecule has 4 aromatic rings. The maximum Gasteiger partial charge on any atom is 0.257 e. The zero-order valence-electron chi connectivity index (χ0n) is 19.7. The second-order valence-corrected chi connectivity index (χ2v) is 10.2. The molecule has 0 unspecified atom stereocenters. The highest BCUT2D eigenvalue weighted by atomic mass is 32.2. The lowest BCUT2D eigenvalue weighted by atomic mass is 10.1. The van der Waals surface area contributed by atoms with E-state index in [4.69, 9.17) is 9.47 Å². The number of benzene rings is 4. The predicted molar refractivity (Wildman–Crippen MR) is 137 cm³/mol. The molecule has 0 saturated heterocycles. The Morgan fingerprint density at radius 2 is 1.57 bits per heavy atom. The minimum absolute atomic E-state index is 0.0562. The Morgan fingerprint density at radius 1 is 0.838 bits per heavy atom. The van der Waals surface area contributed by atoms with Crippen molar-refractivity contribution in [1.82, 2.24) is 5.32 Å². The normalized spacial score (nSPS) is 13.4. The van der Waals surface area contributed by atoms with E-state index in [0.29, 0.717) is 17.2 Å². The fourth-order valence-corrected chi connectivity index (χ4v) is 5.60. The minimum atomic E-state index is -3.94. The number of carbonyl (C=O) groups is 2. The van der Waals surface area contributed by atoms with Gasteiger partial charge in [0.15, 0.2) is 0 Å². The molecule has 186 valence electrons. The van der Waals surface area contributed by atoms with Crippen LogP contribution >= 0.6 is 0 Å². The van der Waals surface area contributed by atoms with Gasteiger partial charge in [0.05, 0.1) is 28.2 Å². The van der Waals surface area contributed by atoms with Gasteiger partial charge in [-0.1, -0.05) is 30.3 Å². The highest BCUT2D eigenvalue weighted by molar-refractivity contribution is 7.91. The number of amides is 2. The molecule has 0 bridgehead atoms. The van der Waals surface area contributed by atoms with E-state index in [-0.39, 0.29) is 33.2 Å². The van der Waals surface area contributed by atoms with E-state index in [1.54, 1.807) is 37.4 Å². The number of rotatable bonds is 6. The second kappa shape index (κ2) is 9.79. The van der Waals surface area contributed by atoms with Crippen LogP contribution in [0.1, 0.15) is 26.3 Å². The Hall–Kier alpha value is -4.63. The Morgan fingerprint density at radius 3 is 2.38 bits per heavy atom. The smallest absolute Gasteiger partial charge is 0.257 e. The van der Waals surface area contributed by atoms with Gasteiger partial charge in [-0.15, -0.1) is 0 Å². The van der Waals surface area contributed by atoms with Crippen LogP contribution in [-0.4, -0.2) is 27.3 Å². The number of carbonyl (C=O) groups excluding carboxylic acids is 2. The summed E-state index contributed by atoms with van der Waals surface area (Å²) in [5.74, 6) is 0.912. The lowest BCUT2D eigenvalue weighted by molar-refractivity contribution is 0.0949. The Kier molecular flexibility index (Phi) is 6.37. The van der Waals surface area contributed by atoms with Crippen molar-refractivity contribution < 1.29 is 27.5 Å². The monoisotopic (exact) mass is 514 g/mol. The fraction of sp³-hybridized carbons (Fsp3) is 0.0714. The average Bonchev–Trinajstić information content (AvgIpc) is 2.99. The first-order valence-electron chi connectivity index (χ1n) is 11.3. The fourth-order valence-electron chi connectivity index (χ4n) is 4.00. The van der Waals surface area contributed by atoms with E-state index < -0.39 is 21.7 Å². The molecular weight excluding hydrogens is 492 g/mol. The van der Waals surface area contributed by atoms with E-state index in [0.717, 1.165) is 5.56 Å². The van der Waals surface area contributed by atoms with Crippen molar-refractivity contribution in [1.29, 1.82) is 0 Å². The van der Waals surface area contributed by atoms with Gasteiger partial charge in [0.25, 0.3) is 11.8 Å². The number of fused-ring (bicyclic) bond motifs is 2. The summed E-state index contributed by atoms with van der Waals surface area (Å²) in [6.45, 7) is 0.210. The lowest BCUT2D eigenvalue weighted by Crippen LogP contribution is -2.23. The second-order valence-electron chi connectivity index (χ2n) is 8.28. The molecule has 2 N–H and O–H groups in total. The van der Waals surface area contributed by atoms with E-state index >= 15 is 0 Å². The molecule has 0 fully saturated rings. The van der Waals surface area contributed by atoms with Gasteiger partial charge in [-0.25, -0.2) is 8.42 Å². The summed E-state index contributed by atoms with van der Waals surface area (Å²) in [6, 6.07) is 24.6. The third-order valence-corrected chi connectivity index (χ3v) is 7.70. The third kappa shape index (κ3) is 4.89. The largest absolute Gasteiger partial charge is 0.497 e. The summed E-state index contributed by atoms with van der Waals surface area (Å²) >= 11 is 0. The Bertz CT molecular complexity index is 1630. The molecule has 0 aromatic heterocycles. The Balaban J connectivity index is 1.32. The molecule has 0 spiro atoms. The quantitative estimate of drug-likeness (QED) is 0.382. The van der Waals surface area contributed by atoms with Crippen molar-refractivity contribution in [2.75, 3.05) is 12.4 Å². The van der Waals surface area contributed by atoms with Crippen LogP contribution in [0, 0.1) is 0 Å². The zero-order valence-corrected chi connectivity index (χ0v) is 20.5. The molecule has 1 aliphatic rings. The van der Waals surface area contributed by atoms with E-state index in [1.165, 1.54) is 30.3 Å². The maximum atomic E-state index is 13.1. The van der Waals surface area contributed by atoms with Crippen LogP contribution in [0.15, 0.2) is 101 Å². The first-order chi connectivity index (χ1) is 17.8. The third-order valence-electron chi connectivity index (χ3n) is 5.83. The van der Waals surface area contributed by atoms with Crippen LogP contribution in [0.4, 0.5) is 5.69 Å². The van der Waals surface area contributed by atoms with Gasteiger partial charge in [0.2, 0.25) is 9.84 Å². The van der Waals surface area contributed by atoms with Gasteiger partial charge in [-0.2, -0.15) is 0 Å². The summed E-state index contributed by atoms with van der Waals surface area (Å²) in [4.78, 5) is 25.4. The zero-order chi connectivity index (χ0) is 26.0. The summed E-state index contributed by atoms with van der Waals surface area (Å²) < 4.78 is 37.4. The van der Waals surface area contributed by atoms with Crippen LogP contribution in [0.5, 0.6) is 17.2 Å². The first-order valence-corrected chi connectivity index (χ1v) is 12.8. The number of ether oxygens (including phenoxy) is 2. The van der Waals surface area contributed by atoms with Crippen molar-refractivity contribution in [3.8, 4) is 17.2 Å². The van der Waals surface area contributed by atoms with E-state index in [9.17, 15) is 18.0 Å². The SMILES string of the molecule is COc1cccc(Oc2cccc(CNC(=O)c3ccc4c(c3)NC(=O)c3ccccc3S4(=O)=O)c2)c1. The molecular formula is C28H22N2O6S. The first kappa shape index (κ1) is 24.1. The van der Waals surface area contributed by atoms with Crippen molar-refractivity contribution >= 4 is 27.3 Å². The van der Waals surface area contributed by atoms with Gasteiger partial charge in [-0.05, 0) is 60.2 Å². The van der Waals surface area contributed by atoms with Crippen molar-refractivity contribution in [2.24, 2.45) is 0 Å². The molecule has 1 heterocycles. The Labute approximate surface area is 213 Å². The number of nitrogens with one attached hydrogen (secondary N) is 2. The molecule has 0 saturated carbocycles. The predicted octanol–water partition coefficient (Wildman–Crippen LogP) is 4.82. The van der Waals surface area contributed by atoms with Crippen LogP contribution in [-0.2, 0) is 16.4 Å². The molecule has 37 heavy (non-hydrogen) atoms. The molecule has 1 aliphatic heterocycles. The van der Waals surface area contributed by atoms with Crippen LogP contribution in [0.3, 0.4) is 0 Å². The van der Waals surface area contributed by atoms with Crippen molar-refractivity contribution in [3.05, 3.63) is 108 Å². The van der Waals surface area contributed by atoms with Crippen LogP contribution < -0.4 is 20.1 Å². The van der Waals surface area contributed by atoms with Crippen LogP contribution in [0.25, 0.3) is 0 Å². The van der Waals surface area contributed by atoms with Gasteiger partial charge in [0.1, 0.15) is 17.2 Å². The summed E-state index contributed by atoms with van der Waals surface area (Å²) in [5.41, 5.74) is 1.13. The lowest BCUT2D eigenvalue weighted by Gasteiger charge is -2.11. The minimum Gasteiger partial charge on any atom is -0.497 e. The standard InChI is InChI=1S/C28H22N2O6S/c1-35-20-7-5-9-22(16-20)36-21-8-4-6-18(14-21)17-29-27(31)19-12-13-26-24(15-19)30-28(32)23-10-2-3-11-25(23)37(26,33)34/h2-16H,17H2,1H3,(H,29,31)(H,30,32). The number of methoxy groups -OCH3 is 1. The molecule has 8 nitrogen and oxygen atoms in total. The topological polar surface area (TPSA) is 111 Å². The number of hydrogen-bond donors (Lipinski definition) is 2. The molecule has 9 heteroatoms. The summed E-state index contributed by atoms with van der Waals surface area (Å²) in [5, 5.41) is 5.44. The average molecular weight is 515 g/mol. The van der Waals surface area contributed by atoms with Crippen molar-refractivity contribution in [3.63, 3.8) is 0 Å². The van der Waals surface area contributed by atoms with E-state index in [1.807, 2.05) is 30.3 Å². The highest BCUT2D eigenvalue weighted by Gasteiger charge is 2.31. The highest BCUT2D eigenvalue weighted by Crippen LogP contribution is 2.34. The van der Waals surface area contributed by atoms with Crippen LogP contribution in [0.2, 0.25) is 0 Å². The molecule has 2 amide bonds. The van der Waals surface area contributed by atoms with Gasteiger partial charge >= 0.3 is 0 Å². The molecule has 0 radical (unpaired) electrons. The van der Waals surface area contributed by atoms with Crippen molar-refractivity contribution in [2.45, 2.75) is 16.3 Å². The summed E-state index contributed by atoms with van der Waals surface area (Å²) in [6.07, 6.45) is 0. The maximum absolute atomic E-state index is 13.1. The van der Waals surface area contributed by atoms with Gasteiger partial charge < -0.3 is 20.1 Å². The summed E-state index contributed by atoms with van der Waals surface area (Å²) in [7, 11) is -2.36. The molecule has 5 rings (SSSR count). The van der Waals surface area contributed by atoms with Gasteiger partial charge in [0, 0.05) is 18.2 Å². The van der Waals surface area contributed by atoms with E-state index in [2.05, 4.69) is 10.6 Å². The number of sulfone groups is 1.